The first-order valence-corrected chi connectivity index (χ1v) is 13.2. The predicted octanol–water partition coefficient (Wildman–Crippen LogP) is 4.45. The Kier molecular flexibility index (Phi) is 5.97. The first kappa shape index (κ1) is 23.3. The van der Waals surface area contributed by atoms with E-state index in [9.17, 15) is 23.0 Å². The van der Waals surface area contributed by atoms with E-state index in [-0.39, 0.29) is 34.9 Å². The molecule has 0 bridgehead atoms. The molecule has 33 heavy (non-hydrogen) atoms. The standard InChI is InChI=1S/C22H24F3N6OP/c1-33(2,32)20-12(9-26)6-7-15-16(10-28-19(15)20)18-17(22(23,24)25)11-29-21(31-18)30-14-5-3-4-13(27)8-14/h6-7,10-11,13-14,28H,3-5,8,27H2,1-2H3,(H,29,30,31). The van der Waals surface area contributed by atoms with Crippen molar-refractivity contribution in [2.75, 3.05) is 18.6 Å². The molecule has 2 unspecified atom stereocenters. The molecule has 4 rings (SSSR count). The van der Waals surface area contributed by atoms with Gasteiger partial charge in [-0.1, -0.05) is 6.07 Å². The lowest BCUT2D eigenvalue weighted by atomic mass is 9.92. The Morgan fingerprint density at radius 1 is 1.30 bits per heavy atom. The van der Waals surface area contributed by atoms with Crippen LogP contribution in [0, 0.1) is 11.3 Å². The quantitative estimate of drug-likeness (QED) is 0.479. The second kappa shape index (κ2) is 8.47. The zero-order valence-corrected chi connectivity index (χ0v) is 19.1. The summed E-state index contributed by atoms with van der Waals surface area (Å²) in [4.78, 5) is 11.1. The van der Waals surface area contributed by atoms with E-state index in [4.69, 9.17) is 5.73 Å². The van der Waals surface area contributed by atoms with E-state index >= 15 is 0 Å². The Morgan fingerprint density at radius 3 is 2.70 bits per heavy atom. The SMILES string of the molecule is CP(C)(=O)c1c(C#N)ccc2c(-c3nc(NC4CCCC(N)C4)ncc3C(F)(F)F)c[nH]c12. The maximum atomic E-state index is 13.9. The average Bonchev–Trinajstić information content (AvgIpc) is 3.15. The van der Waals surface area contributed by atoms with Crippen LogP contribution in [0.5, 0.6) is 0 Å². The number of alkyl halides is 3. The molecule has 1 aromatic carbocycles. The minimum Gasteiger partial charge on any atom is -0.360 e. The fraction of sp³-hybridized carbons (Fsp3) is 0.409. The van der Waals surface area contributed by atoms with E-state index < -0.39 is 18.9 Å². The average molecular weight is 476 g/mol. The molecule has 0 spiro atoms. The summed E-state index contributed by atoms with van der Waals surface area (Å²) >= 11 is 0. The summed E-state index contributed by atoms with van der Waals surface area (Å²) in [5, 5.41) is 13.3. The molecule has 1 fully saturated rings. The van der Waals surface area contributed by atoms with Gasteiger partial charge in [0.25, 0.3) is 0 Å². The maximum Gasteiger partial charge on any atom is 0.419 e. The van der Waals surface area contributed by atoms with Gasteiger partial charge in [-0.25, -0.2) is 9.97 Å². The number of hydrogen-bond acceptors (Lipinski definition) is 6. The number of nitrogens with two attached hydrogens (primary N) is 1. The molecule has 11 heteroatoms. The Balaban J connectivity index is 1.87. The molecule has 1 aliphatic rings. The maximum absolute atomic E-state index is 13.9. The summed E-state index contributed by atoms with van der Waals surface area (Å²) in [5.41, 5.74) is 5.55. The predicted molar refractivity (Wildman–Crippen MR) is 122 cm³/mol. The van der Waals surface area contributed by atoms with Crippen molar-refractivity contribution in [3.63, 3.8) is 0 Å². The van der Waals surface area contributed by atoms with Gasteiger partial charge in [0.1, 0.15) is 12.7 Å². The van der Waals surface area contributed by atoms with Crippen molar-refractivity contribution in [3.05, 3.63) is 35.7 Å². The second-order valence-corrected chi connectivity index (χ2v) is 11.9. The van der Waals surface area contributed by atoms with E-state index in [0.717, 1.165) is 25.5 Å². The fourth-order valence-electron chi connectivity index (χ4n) is 4.43. The number of nitrogens with zero attached hydrogens (tertiary/aromatic N) is 3. The molecule has 4 N–H and O–H groups in total. The van der Waals surface area contributed by atoms with Gasteiger partial charge in [0.15, 0.2) is 0 Å². The van der Waals surface area contributed by atoms with Gasteiger partial charge in [-0.3, -0.25) is 0 Å². The van der Waals surface area contributed by atoms with Crippen LogP contribution in [0.25, 0.3) is 22.2 Å². The van der Waals surface area contributed by atoms with E-state index in [1.807, 2.05) is 6.07 Å². The first-order chi connectivity index (χ1) is 15.5. The number of halogens is 3. The summed E-state index contributed by atoms with van der Waals surface area (Å²) in [6.07, 6.45) is 0.874. The largest absolute Gasteiger partial charge is 0.419 e. The minimum absolute atomic E-state index is 0.0165. The summed E-state index contributed by atoms with van der Waals surface area (Å²) < 4.78 is 54.5. The lowest BCUT2D eigenvalue weighted by molar-refractivity contribution is -0.137. The second-order valence-electron chi connectivity index (χ2n) is 8.77. The van der Waals surface area contributed by atoms with Crippen molar-refractivity contribution in [2.24, 2.45) is 5.73 Å². The van der Waals surface area contributed by atoms with Gasteiger partial charge in [-0.15, -0.1) is 0 Å². The van der Waals surface area contributed by atoms with Gasteiger partial charge in [0, 0.05) is 35.4 Å². The zero-order chi connectivity index (χ0) is 24.0. The van der Waals surface area contributed by atoms with Crippen LogP contribution in [0.2, 0.25) is 0 Å². The Labute approximate surface area is 189 Å². The van der Waals surface area contributed by atoms with Gasteiger partial charge >= 0.3 is 6.18 Å². The van der Waals surface area contributed by atoms with Crippen molar-refractivity contribution in [3.8, 4) is 17.3 Å². The molecular formula is C22H24F3N6OP. The molecule has 2 heterocycles. The molecule has 2 aromatic heterocycles. The highest BCUT2D eigenvalue weighted by Gasteiger charge is 2.36. The first-order valence-electron chi connectivity index (χ1n) is 10.6. The molecule has 0 saturated heterocycles. The number of hydrogen-bond donors (Lipinski definition) is 3. The third kappa shape index (κ3) is 4.61. The Morgan fingerprint density at radius 2 is 2.06 bits per heavy atom. The van der Waals surface area contributed by atoms with Crippen molar-refractivity contribution in [1.29, 1.82) is 5.26 Å². The topological polar surface area (TPSA) is 120 Å². The van der Waals surface area contributed by atoms with Gasteiger partial charge in [-0.05, 0) is 45.1 Å². The van der Waals surface area contributed by atoms with Crippen LogP contribution in [-0.4, -0.2) is 40.4 Å². The van der Waals surface area contributed by atoms with E-state index in [0.29, 0.717) is 22.6 Å². The number of nitriles is 1. The molecule has 1 saturated carbocycles. The minimum atomic E-state index is -4.68. The number of nitrogens with one attached hydrogen (secondary N) is 2. The van der Waals surface area contributed by atoms with E-state index in [2.05, 4.69) is 20.3 Å². The Bertz CT molecular complexity index is 1290. The number of fused-ring (bicyclic) bond motifs is 1. The summed E-state index contributed by atoms with van der Waals surface area (Å²) in [5.74, 6) is 0.0944. The number of benzene rings is 1. The smallest absolute Gasteiger partial charge is 0.360 e. The molecule has 0 amide bonds. The van der Waals surface area contributed by atoms with E-state index in [1.165, 1.54) is 25.6 Å². The number of aromatic nitrogens is 3. The lowest BCUT2D eigenvalue weighted by Gasteiger charge is -2.27. The monoisotopic (exact) mass is 476 g/mol. The highest BCUT2D eigenvalue weighted by molar-refractivity contribution is 7.70. The van der Waals surface area contributed by atoms with Crippen molar-refractivity contribution in [1.82, 2.24) is 15.0 Å². The van der Waals surface area contributed by atoms with Crippen molar-refractivity contribution in [2.45, 2.75) is 43.9 Å². The van der Waals surface area contributed by atoms with Crippen LogP contribution in [0.1, 0.15) is 36.8 Å². The normalized spacial score (nSPS) is 19.4. The van der Waals surface area contributed by atoms with Crippen LogP contribution in [0.3, 0.4) is 0 Å². The number of H-pyrrole nitrogens is 1. The third-order valence-corrected chi connectivity index (χ3v) is 7.43. The van der Waals surface area contributed by atoms with Gasteiger partial charge in [0.05, 0.1) is 28.1 Å². The molecule has 1 aliphatic carbocycles. The van der Waals surface area contributed by atoms with Gasteiger partial charge < -0.3 is 20.6 Å². The van der Waals surface area contributed by atoms with Gasteiger partial charge in [-0.2, -0.15) is 18.4 Å². The molecular weight excluding hydrogens is 452 g/mol. The molecule has 2 atom stereocenters. The number of anilines is 1. The molecule has 0 aliphatic heterocycles. The van der Waals surface area contributed by atoms with Gasteiger partial charge in [0.2, 0.25) is 5.95 Å². The zero-order valence-electron chi connectivity index (χ0n) is 18.2. The molecule has 7 nitrogen and oxygen atoms in total. The fourth-order valence-corrected chi connectivity index (χ4v) is 5.86. The van der Waals surface area contributed by atoms with Crippen LogP contribution in [0.4, 0.5) is 19.1 Å². The highest BCUT2D eigenvalue weighted by Crippen LogP contribution is 2.43. The molecule has 174 valence electrons. The summed E-state index contributed by atoms with van der Waals surface area (Å²) in [7, 11) is -2.91. The third-order valence-electron chi connectivity index (χ3n) is 5.89. The number of aromatic amines is 1. The summed E-state index contributed by atoms with van der Waals surface area (Å²) in [6, 6.07) is 5.06. The van der Waals surface area contributed by atoms with Crippen molar-refractivity contribution >= 4 is 29.3 Å². The van der Waals surface area contributed by atoms with Crippen LogP contribution in [-0.2, 0) is 10.7 Å². The van der Waals surface area contributed by atoms with Crippen LogP contribution < -0.4 is 16.4 Å². The number of rotatable bonds is 4. The molecule has 3 aromatic rings. The Hall–Kier alpha value is -2.89. The highest BCUT2D eigenvalue weighted by atomic mass is 31.2. The van der Waals surface area contributed by atoms with Crippen LogP contribution >= 0.6 is 7.14 Å². The van der Waals surface area contributed by atoms with Crippen molar-refractivity contribution < 1.29 is 17.7 Å². The molecule has 0 radical (unpaired) electrons. The lowest BCUT2D eigenvalue weighted by Crippen LogP contribution is -2.35. The summed E-state index contributed by atoms with van der Waals surface area (Å²) in [6.45, 7) is 3.04. The van der Waals surface area contributed by atoms with Crippen LogP contribution in [0.15, 0.2) is 24.5 Å². The van der Waals surface area contributed by atoms with E-state index in [1.54, 1.807) is 6.07 Å².